The molecule has 5 nitrogen and oxygen atoms in total. The molecule has 136 valence electrons. The van der Waals surface area contributed by atoms with E-state index in [1.54, 1.807) is 12.0 Å². The summed E-state index contributed by atoms with van der Waals surface area (Å²) in [5.41, 5.74) is 3.47. The van der Waals surface area contributed by atoms with Gasteiger partial charge < -0.3 is 9.64 Å². The highest BCUT2D eigenvalue weighted by Crippen LogP contribution is 2.31. The van der Waals surface area contributed by atoms with E-state index in [-0.39, 0.29) is 0 Å². The van der Waals surface area contributed by atoms with E-state index in [9.17, 15) is 9.59 Å². The third-order valence-electron chi connectivity index (χ3n) is 4.76. The summed E-state index contributed by atoms with van der Waals surface area (Å²) in [6.07, 6.45) is 0. The molecule has 3 rings (SSSR count). The number of ketones is 1. The Morgan fingerprint density at radius 2 is 1.77 bits per heavy atom. The molecule has 2 aromatic carbocycles. The van der Waals surface area contributed by atoms with Gasteiger partial charge in [0.15, 0.2) is 6.67 Å². The number of anilines is 1. The minimum Gasteiger partial charge on any atom is -0.497 e. The van der Waals surface area contributed by atoms with Gasteiger partial charge in [0.25, 0.3) is 5.78 Å². The summed E-state index contributed by atoms with van der Waals surface area (Å²) in [5, 5.41) is 0. The molecule has 0 bridgehead atoms. The molecular formula is C21H25N2O3+. The molecule has 1 heterocycles. The Labute approximate surface area is 154 Å². The highest BCUT2D eigenvalue weighted by atomic mass is 16.5. The molecule has 26 heavy (non-hydrogen) atoms. The number of nitrogens with zero attached hydrogens (tertiary/aromatic N) is 1. The smallest absolute Gasteiger partial charge is 0.303 e. The third kappa shape index (κ3) is 3.48. The second-order valence-electron chi connectivity index (χ2n) is 7.13. The molecule has 1 unspecified atom stereocenters. The summed E-state index contributed by atoms with van der Waals surface area (Å²) in [7, 11) is 3.66. The second-order valence-corrected chi connectivity index (χ2v) is 7.13. The van der Waals surface area contributed by atoms with Gasteiger partial charge in [-0.3, -0.25) is 14.5 Å². The molecule has 1 N–H and O–H groups in total. The van der Waals surface area contributed by atoms with Gasteiger partial charge in [0.1, 0.15) is 12.3 Å². The zero-order valence-electron chi connectivity index (χ0n) is 15.7. The molecule has 1 amide bonds. The van der Waals surface area contributed by atoms with Crippen LogP contribution in [-0.2, 0) is 11.3 Å². The number of amides is 1. The standard InChI is InChI=1S/C21H24N2O3/c1-14(2)16-7-10-19-18(11-16)20(24)21(25)23(19)13-22(3)12-15-5-8-17(26-4)9-6-15/h5-11,14H,12-13H2,1-4H3/p+1. The summed E-state index contributed by atoms with van der Waals surface area (Å²) < 4.78 is 5.18. The number of carbonyl (C=O) groups excluding carboxylic acids is 2. The molecular weight excluding hydrogens is 328 g/mol. The summed E-state index contributed by atoms with van der Waals surface area (Å²) in [6.45, 7) is 5.35. The maximum atomic E-state index is 12.5. The largest absolute Gasteiger partial charge is 0.497 e. The Bertz CT molecular complexity index is 828. The molecule has 1 aliphatic rings. The van der Waals surface area contributed by atoms with E-state index in [0.29, 0.717) is 18.2 Å². The van der Waals surface area contributed by atoms with Crippen LogP contribution in [-0.4, -0.2) is 32.5 Å². The zero-order valence-corrected chi connectivity index (χ0v) is 15.7. The number of benzene rings is 2. The van der Waals surface area contributed by atoms with E-state index < -0.39 is 11.7 Å². The van der Waals surface area contributed by atoms with E-state index in [4.69, 9.17) is 4.74 Å². The maximum absolute atomic E-state index is 12.5. The average Bonchev–Trinajstić information content (AvgIpc) is 2.87. The number of ether oxygens (including phenoxy) is 1. The molecule has 0 aromatic heterocycles. The van der Waals surface area contributed by atoms with Crippen LogP contribution in [0, 0.1) is 0 Å². The Hall–Kier alpha value is -2.66. The third-order valence-corrected chi connectivity index (χ3v) is 4.76. The normalized spacial score (nSPS) is 14.7. The number of rotatable bonds is 6. The first-order valence-corrected chi connectivity index (χ1v) is 8.85. The number of methoxy groups -OCH3 is 1. The van der Waals surface area contributed by atoms with Crippen LogP contribution in [0.5, 0.6) is 5.75 Å². The van der Waals surface area contributed by atoms with E-state index >= 15 is 0 Å². The molecule has 0 radical (unpaired) electrons. The number of quaternary nitrogens is 1. The topological polar surface area (TPSA) is 51.1 Å². The first-order chi connectivity index (χ1) is 12.4. The van der Waals surface area contributed by atoms with Crippen molar-refractivity contribution in [2.24, 2.45) is 0 Å². The molecule has 0 fully saturated rings. The van der Waals surface area contributed by atoms with Crippen LogP contribution < -0.4 is 14.5 Å². The highest BCUT2D eigenvalue weighted by molar-refractivity contribution is 6.52. The van der Waals surface area contributed by atoms with Gasteiger partial charge in [0.2, 0.25) is 0 Å². The monoisotopic (exact) mass is 353 g/mol. The Balaban J connectivity index is 1.75. The fourth-order valence-corrected chi connectivity index (χ4v) is 3.25. The minimum atomic E-state index is -0.435. The van der Waals surface area contributed by atoms with Crippen molar-refractivity contribution in [2.75, 3.05) is 25.7 Å². The molecule has 5 heteroatoms. The SMILES string of the molecule is COc1ccc(C[NH+](C)CN2C(=O)C(=O)c3cc(C(C)C)ccc32)cc1. The lowest BCUT2D eigenvalue weighted by molar-refractivity contribution is -0.892. The Morgan fingerprint density at radius 3 is 2.38 bits per heavy atom. The van der Waals surface area contributed by atoms with Gasteiger partial charge >= 0.3 is 5.91 Å². The van der Waals surface area contributed by atoms with Crippen molar-refractivity contribution >= 4 is 17.4 Å². The van der Waals surface area contributed by atoms with E-state index in [1.165, 1.54) is 0 Å². The van der Waals surface area contributed by atoms with Gasteiger partial charge in [0, 0.05) is 5.56 Å². The summed E-state index contributed by atoms with van der Waals surface area (Å²) in [6, 6.07) is 13.6. The van der Waals surface area contributed by atoms with Crippen LogP contribution in [0.15, 0.2) is 42.5 Å². The Kier molecular flexibility index (Phi) is 5.09. The van der Waals surface area contributed by atoms with Gasteiger partial charge in [-0.1, -0.05) is 19.9 Å². The maximum Gasteiger partial charge on any atom is 0.303 e. The van der Waals surface area contributed by atoms with Crippen molar-refractivity contribution in [3.8, 4) is 5.75 Å². The van der Waals surface area contributed by atoms with Crippen LogP contribution in [0.1, 0.15) is 41.3 Å². The first-order valence-electron chi connectivity index (χ1n) is 8.85. The lowest BCUT2D eigenvalue weighted by Crippen LogP contribution is -3.09. The van der Waals surface area contributed by atoms with E-state index in [1.807, 2.05) is 49.5 Å². The molecule has 2 aromatic rings. The minimum absolute atomic E-state index is 0.320. The number of fused-ring (bicyclic) bond motifs is 1. The van der Waals surface area contributed by atoms with Crippen LogP contribution in [0.25, 0.3) is 0 Å². The molecule has 1 atom stereocenters. The van der Waals surface area contributed by atoms with Crippen LogP contribution in [0.4, 0.5) is 5.69 Å². The Morgan fingerprint density at radius 1 is 1.08 bits per heavy atom. The van der Waals surface area contributed by atoms with Gasteiger partial charge in [0.05, 0.1) is 25.4 Å². The predicted octanol–water partition coefficient (Wildman–Crippen LogP) is 2.02. The fourth-order valence-electron chi connectivity index (χ4n) is 3.25. The van der Waals surface area contributed by atoms with Gasteiger partial charge in [-0.25, -0.2) is 0 Å². The predicted molar refractivity (Wildman–Crippen MR) is 101 cm³/mol. The summed E-state index contributed by atoms with van der Waals surface area (Å²) >= 11 is 0. The highest BCUT2D eigenvalue weighted by Gasteiger charge is 2.37. The van der Waals surface area contributed by atoms with Gasteiger partial charge in [-0.15, -0.1) is 0 Å². The van der Waals surface area contributed by atoms with Gasteiger partial charge in [-0.05, 0) is 47.9 Å². The van der Waals surface area contributed by atoms with Crippen LogP contribution in [0.2, 0.25) is 0 Å². The number of carbonyl (C=O) groups is 2. The van der Waals surface area contributed by atoms with Crippen molar-refractivity contribution < 1.29 is 19.2 Å². The second kappa shape index (κ2) is 7.30. The fraction of sp³-hybridized carbons (Fsp3) is 0.333. The number of Topliss-reactive ketones (excluding diaryl/α,β-unsaturated/α-hetero) is 1. The summed E-state index contributed by atoms with van der Waals surface area (Å²) in [4.78, 5) is 27.6. The average molecular weight is 353 g/mol. The first kappa shape index (κ1) is 18.1. The molecule has 0 spiro atoms. The number of hydrogen-bond donors (Lipinski definition) is 1. The molecule has 0 aliphatic carbocycles. The van der Waals surface area contributed by atoms with Crippen molar-refractivity contribution in [1.82, 2.24) is 0 Å². The van der Waals surface area contributed by atoms with Crippen molar-refractivity contribution in [3.05, 3.63) is 59.2 Å². The number of hydrogen-bond acceptors (Lipinski definition) is 3. The summed E-state index contributed by atoms with van der Waals surface area (Å²) in [5.74, 6) is 0.303. The van der Waals surface area contributed by atoms with Crippen LogP contribution >= 0.6 is 0 Å². The molecule has 0 saturated carbocycles. The quantitative estimate of drug-likeness (QED) is 0.809. The van der Waals surface area contributed by atoms with E-state index in [2.05, 4.69) is 13.8 Å². The van der Waals surface area contributed by atoms with E-state index in [0.717, 1.165) is 34.0 Å². The van der Waals surface area contributed by atoms with Crippen molar-refractivity contribution in [3.63, 3.8) is 0 Å². The van der Waals surface area contributed by atoms with Gasteiger partial charge in [-0.2, -0.15) is 0 Å². The lowest BCUT2D eigenvalue weighted by Gasteiger charge is -2.22. The molecule has 0 saturated heterocycles. The van der Waals surface area contributed by atoms with Crippen molar-refractivity contribution in [2.45, 2.75) is 26.3 Å². The lowest BCUT2D eigenvalue weighted by atomic mass is 9.99. The van der Waals surface area contributed by atoms with Crippen LogP contribution in [0.3, 0.4) is 0 Å². The zero-order chi connectivity index (χ0) is 18.8. The number of nitrogens with one attached hydrogen (secondary N) is 1. The van der Waals surface area contributed by atoms with Crippen molar-refractivity contribution in [1.29, 1.82) is 0 Å². The molecule has 1 aliphatic heterocycles.